The van der Waals surface area contributed by atoms with E-state index in [2.05, 4.69) is 12.2 Å². The number of aliphatic hydroxyl groups excluding tert-OH is 1. The Hall–Kier alpha value is -1.10. The molecular formula is C15H23NO3. The fourth-order valence-electron chi connectivity index (χ4n) is 2.08. The first-order valence-corrected chi connectivity index (χ1v) is 6.92. The van der Waals surface area contributed by atoms with Gasteiger partial charge in [-0.25, -0.2) is 0 Å². The van der Waals surface area contributed by atoms with Crippen molar-refractivity contribution >= 4 is 5.69 Å². The van der Waals surface area contributed by atoms with Crippen LogP contribution in [0.2, 0.25) is 0 Å². The van der Waals surface area contributed by atoms with Crippen molar-refractivity contribution in [2.75, 3.05) is 31.7 Å². The molecule has 0 amide bonds. The number of nitrogens with one attached hydrogen (secondary N) is 1. The predicted octanol–water partition coefficient (Wildman–Crippen LogP) is 1.96. The number of aryl methyl sites for hydroxylation is 1. The van der Waals surface area contributed by atoms with Crippen LogP contribution in [0.4, 0.5) is 5.69 Å². The summed E-state index contributed by atoms with van der Waals surface area (Å²) in [5, 5.41) is 13.0. The van der Waals surface area contributed by atoms with Crippen molar-refractivity contribution in [3.63, 3.8) is 0 Å². The third kappa shape index (κ3) is 5.19. The van der Waals surface area contributed by atoms with Crippen LogP contribution in [0.3, 0.4) is 0 Å². The van der Waals surface area contributed by atoms with Gasteiger partial charge in [0, 0.05) is 18.8 Å². The molecule has 106 valence electrons. The van der Waals surface area contributed by atoms with E-state index in [1.807, 2.05) is 24.3 Å². The number of anilines is 1. The molecule has 2 atom stereocenters. The van der Waals surface area contributed by atoms with E-state index >= 15 is 0 Å². The monoisotopic (exact) mass is 265 g/mol. The van der Waals surface area contributed by atoms with Crippen LogP contribution >= 0.6 is 0 Å². The number of benzene rings is 1. The van der Waals surface area contributed by atoms with Crippen molar-refractivity contribution in [1.82, 2.24) is 0 Å². The number of hydrogen-bond donors (Lipinski definition) is 2. The van der Waals surface area contributed by atoms with E-state index in [1.165, 1.54) is 5.56 Å². The molecule has 2 N–H and O–H groups in total. The molecule has 0 spiro atoms. The summed E-state index contributed by atoms with van der Waals surface area (Å²) in [6, 6.07) is 8.11. The van der Waals surface area contributed by atoms with E-state index in [-0.39, 0.29) is 6.10 Å². The number of hydrogen-bond acceptors (Lipinski definition) is 4. The topological polar surface area (TPSA) is 50.7 Å². The van der Waals surface area contributed by atoms with Crippen LogP contribution in [0.5, 0.6) is 0 Å². The number of rotatable bonds is 7. The molecule has 1 aromatic rings. The zero-order valence-corrected chi connectivity index (χ0v) is 11.5. The van der Waals surface area contributed by atoms with Crippen molar-refractivity contribution in [2.24, 2.45) is 0 Å². The maximum Gasteiger partial charge on any atom is 0.0945 e. The fraction of sp³-hybridized carbons (Fsp3) is 0.600. The molecular weight excluding hydrogens is 242 g/mol. The van der Waals surface area contributed by atoms with Gasteiger partial charge in [0.15, 0.2) is 0 Å². The summed E-state index contributed by atoms with van der Waals surface area (Å²) in [5.41, 5.74) is 2.25. The maximum absolute atomic E-state index is 9.81. The van der Waals surface area contributed by atoms with Gasteiger partial charge in [-0.05, 0) is 31.9 Å². The average Bonchev–Trinajstić information content (AvgIpc) is 2.91. The van der Waals surface area contributed by atoms with Gasteiger partial charge in [-0.15, -0.1) is 0 Å². The van der Waals surface area contributed by atoms with E-state index < -0.39 is 6.10 Å². The van der Waals surface area contributed by atoms with Gasteiger partial charge in [0.2, 0.25) is 0 Å². The highest BCUT2D eigenvalue weighted by atomic mass is 16.5. The predicted molar refractivity (Wildman–Crippen MR) is 75.5 cm³/mol. The lowest BCUT2D eigenvalue weighted by Gasteiger charge is -2.15. The maximum atomic E-state index is 9.81. The van der Waals surface area contributed by atoms with E-state index in [0.29, 0.717) is 19.8 Å². The number of ether oxygens (including phenoxy) is 2. The van der Waals surface area contributed by atoms with Crippen molar-refractivity contribution in [3.05, 3.63) is 29.8 Å². The molecule has 2 rings (SSSR count). The van der Waals surface area contributed by atoms with Gasteiger partial charge in [0.25, 0.3) is 0 Å². The lowest BCUT2D eigenvalue weighted by atomic mass is 10.2. The van der Waals surface area contributed by atoms with Crippen LogP contribution in [0.25, 0.3) is 0 Å². The molecule has 2 unspecified atom stereocenters. The van der Waals surface area contributed by atoms with Gasteiger partial charge in [0.05, 0.1) is 25.4 Å². The summed E-state index contributed by atoms with van der Waals surface area (Å²) >= 11 is 0. The molecule has 0 radical (unpaired) electrons. The van der Waals surface area contributed by atoms with E-state index in [1.54, 1.807) is 0 Å². The van der Waals surface area contributed by atoms with Gasteiger partial charge in [0.1, 0.15) is 0 Å². The summed E-state index contributed by atoms with van der Waals surface area (Å²) < 4.78 is 10.9. The molecule has 0 bridgehead atoms. The van der Waals surface area contributed by atoms with Gasteiger partial charge in [-0.3, -0.25) is 0 Å². The first-order chi connectivity index (χ1) is 9.24. The van der Waals surface area contributed by atoms with Gasteiger partial charge in [-0.1, -0.05) is 17.7 Å². The summed E-state index contributed by atoms with van der Waals surface area (Å²) in [6.45, 7) is 4.32. The van der Waals surface area contributed by atoms with Crippen LogP contribution < -0.4 is 5.32 Å². The number of aliphatic hydroxyl groups is 1. The molecule has 0 aromatic heterocycles. The molecule has 1 fully saturated rings. The Balaban J connectivity index is 1.58. The van der Waals surface area contributed by atoms with Crippen molar-refractivity contribution in [1.29, 1.82) is 0 Å². The van der Waals surface area contributed by atoms with Crippen LogP contribution in [0.1, 0.15) is 18.4 Å². The third-order valence-corrected chi connectivity index (χ3v) is 3.23. The summed E-state index contributed by atoms with van der Waals surface area (Å²) in [5.74, 6) is 0. The average molecular weight is 265 g/mol. The Morgan fingerprint density at radius 1 is 1.42 bits per heavy atom. The lowest BCUT2D eigenvalue weighted by Crippen LogP contribution is -2.27. The second kappa shape index (κ2) is 7.48. The van der Waals surface area contributed by atoms with Gasteiger partial charge < -0.3 is 19.9 Å². The first-order valence-electron chi connectivity index (χ1n) is 6.92. The van der Waals surface area contributed by atoms with Crippen molar-refractivity contribution in [2.45, 2.75) is 32.0 Å². The molecule has 4 heteroatoms. The summed E-state index contributed by atoms with van der Waals surface area (Å²) in [7, 11) is 0. The SMILES string of the molecule is Cc1ccc(NCC(O)COCC2CCCO2)cc1. The molecule has 1 aromatic carbocycles. The van der Waals surface area contributed by atoms with Crippen LogP contribution in [-0.4, -0.2) is 43.7 Å². The zero-order valence-electron chi connectivity index (χ0n) is 11.5. The summed E-state index contributed by atoms with van der Waals surface area (Å²) in [4.78, 5) is 0. The Morgan fingerprint density at radius 2 is 2.21 bits per heavy atom. The molecule has 1 aliphatic rings. The minimum absolute atomic E-state index is 0.220. The smallest absolute Gasteiger partial charge is 0.0945 e. The Morgan fingerprint density at radius 3 is 2.89 bits per heavy atom. The quantitative estimate of drug-likeness (QED) is 0.791. The largest absolute Gasteiger partial charge is 0.389 e. The normalized spacial score (nSPS) is 20.4. The zero-order chi connectivity index (χ0) is 13.5. The second-order valence-corrected chi connectivity index (χ2v) is 5.07. The fourth-order valence-corrected chi connectivity index (χ4v) is 2.08. The van der Waals surface area contributed by atoms with Crippen LogP contribution in [-0.2, 0) is 9.47 Å². The minimum atomic E-state index is -0.497. The highest BCUT2D eigenvalue weighted by Gasteiger charge is 2.16. The highest BCUT2D eigenvalue weighted by Crippen LogP contribution is 2.12. The van der Waals surface area contributed by atoms with Crippen molar-refractivity contribution in [3.8, 4) is 0 Å². The Kier molecular flexibility index (Phi) is 5.63. The molecule has 0 aliphatic carbocycles. The standard InChI is InChI=1S/C15H23NO3/c1-12-4-6-13(7-5-12)16-9-14(17)10-18-11-15-3-2-8-19-15/h4-7,14-17H,2-3,8-11H2,1H3. The molecule has 1 saturated heterocycles. The lowest BCUT2D eigenvalue weighted by molar-refractivity contribution is -0.0137. The highest BCUT2D eigenvalue weighted by molar-refractivity contribution is 5.44. The van der Waals surface area contributed by atoms with Gasteiger partial charge >= 0.3 is 0 Å². The summed E-state index contributed by atoms with van der Waals surface area (Å²) in [6.07, 6.45) is 1.91. The third-order valence-electron chi connectivity index (χ3n) is 3.23. The molecule has 1 aliphatic heterocycles. The Bertz CT molecular complexity index is 360. The minimum Gasteiger partial charge on any atom is -0.389 e. The molecule has 1 heterocycles. The Labute approximate surface area is 114 Å². The van der Waals surface area contributed by atoms with E-state index in [0.717, 1.165) is 25.1 Å². The van der Waals surface area contributed by atoms with Crippen LogP contribution in [0.15, 0.2) is 24.3 Å². The van der Waals surface area contributed by atoms with Gasteiger partial charge in [-0.2, -0.15) is 0 Å². The molecule has 19 heavy (non-hydrogen) atoms. The van der Waals surface area contributed by atoms with E-state index in [4.69, 9.17) is 9.47 Å². The molecule has 4 nitrogen and oxygen atoms in total. The van der Waals surface area contributed by atoms with E-state index in [9.17, 15) is 5.11 Å². The van der Waals surface area contributed by atoms with Crippen LogP contribution in [0, 0.1) is 6.92 Å². The van der Waals surface area contributed by atoms with Crippen molar-refractivity contribution < 1.29 is 14.6 Å². The first kappa shape index (κ1) is 14.3. The molecule has 0 saturated carbocycles. The second-order valence-electron chi connectivity index (χ2n) is 5.07.